The smallest absolute Gasteiger partial charge is 0.261 e. The third-order valence-corrected chi connectivity index (χ3v) is 5.28. The maximum atomic E-state index is 12.5. The van der Waals surface area contributed by atoms with Crippen LogP contribution >= 0.6 is 0 Å². The van der Waals surface area contributed by atoms with Gasteiger partial charge in [-0.2, -0.15) is 0 Å². The Morgan fingerprint density at radius 1 is 1.12 bits per heavy atom. The Bertz CT molecular complexity index is 833. The first-order valence-electron chi connectivity index (χ1n) is 8.33. The number of hydrogen-bond donors (Lipinski definition) is 2. The molecule has 0 radical (unpaired) electrons. The Morgan fingerprint density at radius 3 is 2.44 bits per heavy atom. The van der Waals surface area contributed by atoms with Crippen LogP contribution in [0.4, 0.5) is 5.69 Å². The SMILES string of the molecule is CCC[C@H](C)NC(=O)c1ccc(C)c(NS(=O)(=O)c2ccccc2)c1. The van der Waals surface area contributed by atoms with E-state index in [1.165, 1.54) is 12.1 Å². The maximum Gasteiger partial charge on any atom is 0.261 e. The lowest BCUT2D eigenvalue weighted by atomic mass is 10.1. The molecule has 0 spiro atoms. The van der Waals surface area contributed by atoms with Gasteiger partial charge in [0.05, 0.1) is 10.6 Å². The summed E-state index contributed by atoms with van der Waals surface area (Å²) in [5.41, 5.74) is 1.58. The fraction of sp³-hybridized carbons (Fsp3) is 0.316. The van der Waals surface area contributed by atoms with Crippen LogP contribution in [0, 0.1) is 6.92 Å². The van der Waals surface area contributed by atoms with Crippen LogP contribution in [0.15, 0.2) is 53.4 Å². The van der Waals surface area contributed by atoms with Gasteiger partial charge >= 0.3 is 0 Å². The van der Waals surface area contributed by atoms with Crippen molar-refractivity contribution in [2.75, 3.05) is 4.72 Å². The summed E-state index contributed by atoms with van der Waals surface area (Å²) in [7, 11) is -3.69. The normalized spacial score (nSPS) is 12.4. The Balaban J connectivity index is 2.23. The highest BCUT2D eigenvalue weighted by Crippen LogP contribution is 2.21. The molecule has 6 heteroatoms. The minimum absolute atomic E-state index is 0.0725. The van der Waals surface area contributed by atoms with Crippen molar-refractivity contribution in [3.63, 3.8) is 0 Å². The first-order chi connectivity index (χ1) is 11.8. The Labute approximate surface area is 149 Å². The molecule has 0 aliphatic carbocycles. The Hall–Kier alpha value is -2.34. The van der Waals surface area contributed by atoms with Crippen LogP contribution in [0.3, 0.4) is 0 Å². The summed E-state index contributed by atoms with van der Waals surface area (Å²) in [5.74, 6) is -0.207. The van der Waals surface area contributed by atoms with Crippen molar-refractivity contribution < 1.29 is 13.2 Å². The van der Waals surface area contributed by atoms with Gasteiger partial charge in [0.1, 0.15) is 0 Å². The summed E-state index contributed by atoms with van der Waals surface area (Å²) in [6, 6.07) is 13.2. The van der Waals surface area contributed by atoms with Gasteiger partial charge in [0.15, 0.2) is 0 Å². The minimum Gasteiger partial charge on any atom is -0.350 e. The number of carbonyl (C=O) groups is 1. The number of hydrogen-bond acceptors (Lipinski definition) is 3. The van der Waals surface area contributed by atoms with Gasteiger partial charge in [0, 0.05) is 11.6 Å². The van der Waals surface area contributed by atoms with Crippen molar-refractivity contribution in [2.24, 2.45) is 0 Å². The molecule has 0 aliphatic rings. The summed E-state index contributed by atoms with van der Waals surface area (Å²) in [6.07, 6.45) is 1.88. The van der Waals surface area contributed by atoms with Crippen LogP contribution in [0.2, 0.25) is 0 Å². The van der Waals surface area contributed by atoms with E-state index in [9.17, 15) is 13.2 Å². The summed E-state index contributed by atoms with van der Waals surface area (Å²) in [4.78, 5) is 12.5. The van der Waals surface area contributed by atoms with Crippen LogP contribution in [-0.4, -0.2) is 20.4 Å². The van der Waals surface area contributed by atoms with Crippen molar-refractivity contribution in [3.8, 4) is 0 Å². The quantitative estimate of drug-likeness (QED) is 0.790. The molecule has 0 heterocycles. The molecule has 0 saturated heterocycles. The van der Waals surface area contributed by atoms with E-state index in [-0.39, 0.29) is 16.8 Å². The molecule has 2 rings (SSSR count). The molecule has 25 heavy (non-hydrogen) atoms. The summed E-state index contributed by atoms with van der Waals surface area (Å²) >= 11 is 0. The molecule has 1 amide bonds. The average molecular weight is 360 g/mol. The number of rotatable bonds is 7. The van der Waals surface area contributed by atoms with E-state index in [1.54, 1.807) is 43.3 Å². The molecule has 2 aromatic rings. The largest absolute Gasteiger partial charge is 0.350 e. The van der Waals surface area contributed by atoms with Crippen LogP contribution in [0.25, 0.3) is 0 Å². The molecule has 5 nitrogen and oxygen atoms in total. The van der Waals surface area contributed by atoms with E-state index in [4.69, 9.17) is 0 Å². The number of sulfonamides is 1. The molecule has 0 fully saturated rings. The van der Waals surface area contributed by atoms with E-state index < -0.39 is 10.0 Å². The molecule has 0 saturated carbocycles. The monoisotopic (exact) mass is 360 g/mol. The second-order valence-electron chi connectivity index (χ2n) is 6.11. The fourth-order valence-corrected chi connectivity index (χ4v) is 3.63. The topological polar surface area (TPSA) is 75.3 Å². The van der Waals surface area contributed by atoms with Gasteiger partial charge in [-0.1, -0.05) is 37.6 Å². The van der Waals surface area contributed by atoms with Crippen molar-refractivity contribution >= 4 is 21.6 Å². The molecular weight excluding hydrogens is 336 g/mol. The standard InChI is InChI=1S/C19H24N2O3S/c1-4-8-15(3)20-19(22)16-12-11-14(2)18(13-16)21-25(23,24)17-9-6-5-7-10-17/h5-7,9-13,15,21H,4,8H2,1-3H3,(H,20,22)/t15-/m0/s1. The van der Waals surface area contributed by atoms with Crippen molar-refractivity contribution in [3.05, 3.63) is 59.7 Å². The number of benzene rings is 2. The minimum atomic E-state index is -3.69. The zero-order chi connectivity index (χ0) is 18.4. The Morgan fingerprint density at radius 2 is 1.80 bits per heavy atom. The van der Waals surface area contributed by atoms with Gasteiger partial charge in [-0.05, 0) is 50.1 Å². The van der Waals surface area contributed by atoms with Gasteiger partial charge < -0.3 is 5.32 Å². The van der Waals surface area contributed by atoms with Gasteiger partial charge in [-0.25, -0.2) is 8.42 Å². The van der Waals surface area contributed by atoms with E-state index in [2.05, 4.69) is 17.0 Å². The van der Waals surface area contributed by atoms with E-state index in [0.29, 0.717) is 11.3 Å². The lowest BCUT2D eigenvalue weighted by molar-refractivity contribution is 0.0938. The van der Waals surface area contributed by atoms with E-state index in [0.717, 1.165) is 18.4 Å². The number of nitrogens with one attached hydrogen (secondary N) is 2. The molecule has 1 atom stereocenters. The first kappa shape index (κ1) is 19.0. The number of carbonyl (C=O) groups excluding carboxylic acids is 1. The molecule has 0 aliphatic heterocycles. The number of amides is 1. The molecule has 2 aromatic carbocycles. The van der Waals surface area contributed by atoms with Crippen LogP contribution in [-0.2, 0) is 10.0 Å². The number of aryl methyl sites for hydroxylation is 1. The molecular formula is C19H24N2O3S. The maximum absolute atomic E-state index is 12.5. The third kappa shape index (κ3) is 5.06. The van der Waals surface area contributed by atoms with E-state index in [1.807, 2.05) is 6.92 Å². The molecule has 2 N–H and O–H groups in total. The Kier molecular flexibility index (Phi) is 6.20. The highest BCUT2D eigenvalue weighted by Gasteiger charge is 2.16. The van der Waals surface area contributed by atoms with Gasteiger partial charge in [0.25, 0.3) is 15.9 Å². The zero-order valence-corrected chi connectivity index (χ0v) is 15.6. The van der Waals surface area contributed by atoms with Gasteiger partial charge in [-0.3, -0.25) is 9.52 Å². The second kappa shape index (κ2) is 8.16. The predicted molar refractivity (Wildman–Crippen MR) is 100 cm³/mol. The average Bonchev–Trinajstić information content (AvgIpc) is 2.57. The van der Waals surface area contributed by atoms with Gasteiger partial charge in [0.2, 0.25) is 0 Å². The van der Waals surface area contributed by atoms with Crippen LogP contribution in [0.1, 0.15) is 42.6 Å². The molecule has 0 aromatic heterocycles. The summed E-state index contributed by atoms with van der Waals surface area (Å²) in [6.45, 7) is 5.81. The predicted octanol–water partition coefficient (Wildman–Crippen LogP) is 3.71. The van der Waals surface area contributed by atoms with Crippen molar-refractivity contribution in [2.45, 2.75) is 44.6 Å². The van der Waals surface area contributed by atoms with Crippen LogP contribution in [0.5, 0.6) is 0 Å². The van der Waals surface area contributed by atoms with E-state index >= 15 is 0 Å². The van der Waals surface area contributed by atoms with Crippen molar-refractivity contribution in [1.29, 1.82) is 0 Å². The van der Waals surface area contributed by atoms with Crippen molar-refractivity contribution in [1.82, 2.24) is 5.32 Å². The van der Waals surface area contributed by atoms with Crippen LogP contribution < -0.4 is 10.0 Å². The molecule has 134 valence electrons. The molecule has 0 bridgehead atoms. The zero-order valence-electron chi connectivity index (χ0n) is 14.7. The first-order valence-corrected chi connectivity index (χ1v) is 9.81. The highest BCUT2D eigenvalue weighted by molar-refractivity contribution is 7.92. The number of anilines is 1. The summed E-state index contributed by atoms with van der Waals surface area (Å²) in [5, 5.41) is 2.92. The third-order valence-electron chi connectivity index (χ3n) is 3.90. The lowest BCUT2D eigenvalue weighted by Crippen LogP contribution is -2.32. The highest BCUT2D eigenvalue weighted by atomic mass is 32.2. The lowest BCUT2D eigenvalue weighted by Gasteiger charge is -2.15. The fourth-order valence-electron chi connectivity index (χ4n) is 2.49. The summed E-state index contributed by atoms with van der Waals surface area (Å²) < 4.78 is 27.5. The van der Waals surface area contributed by atoms with Gasteiger partial charge in [-0.15, -0.1) is 0 Å². The second-order valence-corrected chi connectivity index (χ2v) is 7.79. The molecule has 0 unspecified atom stereocenters.